The van der Waals surface area contributed by atoms with Crippen molar-refractivity contribution in [3.05, 3.63) is 65.5 Å². The SMILES string of the molecule is C[C@H](NC(=O)CN1CCN(Cc2ccccn2)CC1)c1ccc(F)cc1F. The van der Waals surface area contributed by atoms with Crippen LogP contribution in [0.3, 0.4) is 0 Å². The van der Waals surface area contributed by atoms with E-state index >= 15 is 0 Å². The number of aromatic nitrogens is 1. The van der Waals surface area contributed by atoms with Gasteiger partial charge in [-0.1, -0.05) is 12.1 Å². The number of benzene rings is 1. The molecule has 1 aliphatic heterocycles. The molecule has 1 amide bonds. The highest BCUT2D eigenvalue weighted by Gasteiger charge is 2.21. The molecule has 0 unspecified atom stereocenters. The van der Waals surface area contributed by atoms with Gasteiger partial charge in [0, 0.05) is 50.6 Å². The van der Waals surface area contributed by atoms with Crippen molar-refractivity contribution in [2.45, 2.75) is 19.5 Å². The summed E-state index contributed by atoms with van der Waals surface area (Å²) in [7, 11) is 0. The van der Waals surface area contributed by atoms with Crippen LogP contribution in [-0.2, 0) is 11.3 Å². The molecule has 0 spiro atoms. The lowest BCUT2D eigenvalue weighted by atomic mass is 10.1. The normalized spacial score (nSPS) is 16.9. The van der Waals surface area contributed by atoms with E-state index in [1.54, 1.807) is 13.1 Å². The van der Waals surface area contributed by atoms with E-state index in [0.717, 1.165) is 44.5 Å². The molecule has 27 heavy (non-hydrogen) atoms. The standard InChI is InChI=1S/C20H24F2N4O/c1-15(18-6-5-16(21)12-19(18)22)24-20(27)14-26-10-8-25(9-11-26)13-17-4-2-3-7-23-17/h2-7,12,15H,8-11,13-14H2,1H3,(H,24,27)/t15-/m0/s1. The number of hydrogen-bond donors (Lipinski definition) is 1. The van der Waals surface area contributed by atoms with Gasteiger partial charge in [0.25, 0.3) is 0 Å². The molecule has 1 aliphatic rings. The number of carbonyl (C=O) groups excluding carboxylic acids is 1. The number of hydrogen-bond acceptors (Lipinski definition) is 4. The summed E-state index contributed by atoms with van der Waals surface area (Å²) in [6, 6.07) is 8.78. The summed E-state index contributed by atoms with van der Waals surface area (Å²) in [4.78, 5) is 21.0. The Morgan fingerprint density at radius 3 is 2.56 bits per heavy atom. The fraction of sp³-hybridized carbons (Fsp3) is 0.400. The van der Waals surface area contributed by atoms with Crippen molar-refractivity contribution in [3.63, 3.8) is 0 Å². The van der Waals surface area contributed by atoms with Crippen LogP contribution in [0.5, 0.6) is 0 Å². The van der Waals surface area contributed by atoms with Gasteiger partial charge in [0.1, 0.15) is 11.6 Å². The quantitative estimate of drug-likeness (QED) is 0.843. The molecule has 1 fully saturated rings. The van der Waals surface area contributed by atoms with E-state index < -0.39 is 17.7 Å². The molecule has 7 heteroatoms. The third kappa shape index (κ3) is 5.55. The van der Waals surface area contributed by atoms with E-state index in [4.69, 9.17) is 0 Å². The average Bonchev–Trinajstić information content (AvgIpc) is 2.64. The summed E-state index contributed by atoms with van der Waals surface area (Å²) in [6.07, 6.45) is 1.79. The second-order valence-electron chi connectivity index (χ2n) is 6.83. The highest BCUT2D eigenvalue weighted by molar-refractivity contribution is 5.78. The summed E-state index contributed by atoms with van der Waals surface area (Å²) < 4.78 is 26.8. The van der Waals surface area contributed by atoms with Gasteiger partial charge in [0.05, 0.1) is 18.3 Å². The number of pyridine rings is 1. The first-order chi connectivity index (χ1) is 13.0. The van der Waals surface area contributed by atoms with E-state index in [1.807, 2.05) is 18.2 Å². The number of nitrogens with one attached hydrogen (secondary N) is 1. The zero-order chi connectivity index (χ0) is 19.2. The van der Waals surface area contributed by atoms with Gasteiger partial charge in [-0.2, -0.15) is 0 Å². The zero-order valence-corrected chi connectivity index (χ0v) is 15.4. The van der Waals surface area contributed by atoms with E-state index in [0.29, 0.717) is 0 Å². The molecule has 1 aromatic heterocycles. The molecular formula is C20H24F2N4O. The average molecular weight is 374 g/mol. The molecule has 1 N–H and O–H groups in total. The second kappa shape index (κ2) is 9.01. The predicted octanol–water partition coefficient (Wildman–Crippen LogP) is 2.35. The third-order valence-electron chi connectivity index (χ3n) is 4.75. The molecule has 0 bridgehead atoms. The molecular weight excluding hydrogens is 350 g/mol. The molecule has 0 radical (unpaired) electrons. The van der Waals surface area contributed by atoms with Crippen LogP contribution in [0.1, 0.15) is 24.2 Å². The molecule has 1 atom stereocenters. The lowest BCUT2D eigenvalue weighted by Crippen LogP contribution is -2.49. The first kappa shape index (κ1) is 19.4. The molecule has 3 rings (SSSR count). The van der Waals surface area contributed by atoms with Crippen molar-refractivity contribution >= 4 is 5.91 Å². The Balaban J connectivity index is 1.44. The molecule has 1 saturated heterocycles. The molecule has 5 nitrogen and oxygen atoms in total. The molecule has 0 saturated carbocycles. The largest absolute Gasteiger partial charge is 0.348 e. The molecule has 2 aromatic rings. The number of carbonyl (C=O) groups is 1. The van der Waals surface area contributed by atoms with Gasteiger partial charge in [-0.15, -0.1) is 0 Å². The minimum absolute atomic E-state index is 0.163. The fourth-order valence-electron chi connectivity index (χ4n) is 3.25. The van der Waals surface area contributed by atoms with Crippen molar-refractivity contribution in [1.82, 2.24) is 20.1 Å². The third-order valence-corrected chi connectivity index (χ3v) is 4.75. The summed E-state index contributed by atoms with van der Waals surface area (Å²) in [5.74, 6) is -1.44. The van der Waals surface area contributed by atoms with Crippen LogP contribution >= 0.6 is 0 Å². The molecule has 0 aliphatic carbocycles. The van der Waals surface area contributed by atoms with E-state index in [9.17, 15) is 13.6 Å². The minimum Gasteiger partial charge on any atom is -0.348 e. The number of amides is 1. The maximum atomic E-state index is 13.8. The summed E-state index contributed by atoms with van der Waals surface area (Å²) >= 11 is 0. The lowest BCUT2D eigenvalue weighted by molar-refractivity contribution is -0.123. The Morgan fingerprint density at radius 2 is 1.89 bits per heavy atom. The Morgan fingerprint density at radius 1 is 1.15 bits per heavy atom. The van der Waals surface area contributed by atoms with Gasteiger partial charge >= 0.3 is 0 Å². The molecule has 2 heterocycles. The molecule has 1 aromatic carbocycles. The number of rotatable bonds is 6. The van der Waals surface area contributed by atoms with Gasteiger partial charge in [-0.3, -0.25) is 19.6 Å². The van der Waals surface area contributed by atoms with Crippen LogP contribution in [-0.4, -0.2) is 53.4 Å². The van der Waals surface area contributed by atoms with Gasteiger partial charge in [-0.05, 0) is 25.1 Å². The maximum Gasteiger partial charge on any atom is 0.234 e. The van der Waals surface area contributed by atoms with Crippen LogP contribution in [0.4, 0.5) is 8.78 Å². The Bertz CT molecular complexity index is 764. The van der Waals surface area contributed by atoms with Crippen molar-refractivity contribution in [2.24, 2.45) is 0 Å². The minimum atomic E-state index is -0.647. The second-order valence-corrected chi connectivity index (χ2v) is 6.83. The fourth-order valence-corrected chi connectivity index (χ4v) is 3.25. The van der Waals surface area contributed by atoms with Crippen LogP contribution in [0.15, 0.2) is 42.6 Å². The topological polar surface area (TPSA) is 48.5 Å². The lowest BCUT2D eigenvalue weighted by Gasteiger charge is -2.34. The number of piperazine rings is 1. The Kier molecular flexibility index (Phi) is 6.47. The van der Waals surface area contributed by atoms with E-state index in [-0.39, 0.29) is 18.0 Å². The van der Waals surface area contributed by atoms with Crippen molar-refractivity contribution in [1.29, 1.82) is 0 Å². The van der Waals surface area contributed by atoms with E-state index in [1.165, 1.54) is 12.1 Å². The molecule has 144 valence electrons. The van der Waals surface area contributed by atoms with Gasteiger partial charge in [0.15, 0.2) is 0 Å². The zero-order valence-electron chi connectivity index (χ0n) is 15.4. The van der Waals surface area contributed by atoms with Crippen molar-refractivity contribution in [3.8, 4) is 0 Å². The van der Waals surface area contributed by atoms with Crippen molar-refractivity contribution < 1.29 is 13.6 Å². The Labute approximate surface area is 158 Å². The van der Waals surface area contributed by atoms with Crippen LogP contribution < -0.4 is 5.32 Å². The highest BCUT2D eigenvalue weighted by atomic mass is 19.1. The number of nitrogens with zero attached hydrogens (tertiary/aromatic N) is 3. The monoisotopic (exact) mass is 374 g/mol. The Hall–Kier alpha value is -2.38. The maximum absolute atomic E-state index is 13.8. The first-order valence-electron chi connectivity index (χ1n) is 9.10. The number of halogens is 2. The van der Waals surface area contributed by atoms with E-state index in [2.05, 4.69) is 20.1 Å². The van der Waals surface area contributed by atoms with Crippen LogP contribution in [0.2, 0.25) is 0 Å². The summed E-state index contributed by atoms with van der Waals surface area (Å²) in [6.45, 7) is 6.09. The predicted molar refractivity (Wildman–Crippen MR) is 98.9 cm³/mol. The summed E-state index contributed by atoms with van der Waals surface area (Å²) in [5.41, 5.74) is 1.32. The van der Waals surface area contributed by atoms with Gasteiger partial charge < -0.3 is 5.32 Å². The summed E-state index contributed by atoms with van der Waals surface area (Å²) in [5, 5.41) is 2.79. The van der Waals surface area contributed by atoms with Crippen LogP contribution in [0.25, 0.3) is 0 Å². The van der Waals surface area contributed by atoms with Gasteiger partial charge in [-0.25, -0.2) is 8.78 Å². The van der Waals surface area contributed by atoms with Gasteiger partial charge in [0.2, 0.25) is 5.91 Å². The first-order valence-corrected chi connectivity index (χ1v) is 9.10. The highest BCUT2D eigenvalue weighted by Crippen LogP contribution is 2.17. The van der Waals surface area contributed by atoms with Crippen molar-refractivity contribution in [2.75, 3.05) is 32.7 Å². The smallest absolute Gasteiger partial charge is 0.234 e. The van der Waals surface area contributed by atoms with Crippen LogP contribution in [0, 0.1) is 11.6 Å².